The van der Waals surface area contributed by atoms with Crippen molar-refractivity contribution in [3.63, 3.8) is 0 Å². The van der Waals surface area contributed by atoms with Crippen molar-refractivity contribution in [1.82, 2.24) is 5.32 Å². The number of hydrogen-bond acceptors (Lipinski definition) is 4. The summed E-state index contributed by atoms with van der Waals surface area (Å²) in [6, 6.07) is 23.7. The van der Waals surface area contributed by atoms with Gasteiger partial charge in [0.25, 0.3) is 0 Å². The van der Waals surface area contributed by atoms with Crippen molar-refractivity contribution in [1.29, 1.82) is 0 Å². The molecule has 0 saturated heterocycles. The van der Waals surface area contributed by atoms with Gasteiger partial charge in [-0.05, 0) is 42.2 Å². The number of fused-ring (bicyclic) bond motifs is 1. The van der Waals surface area contributed by atoms with Crippen LogP contribution in [0.4, 0.5) is 5.69 Å². The van der Waals surface area contributed by atoms with Gasteiger partial charge < -0.3 is 10.6 Å². The number of benzene rings is 3. The van der Waals surface area contributed by atoms with Crippen molar-refractivity contribution in [2.45, 2.75) is 70.8 Å². The third-order valence-electron chi connectivity index (χ3n) is 6.47. The van der Waals surface area contributed by atoms with Crippen LogP contribution in [0.25, 0.3) is 10.8 Å². The number of nitrogens with one attached hydrogen (secondary N) is 2. The Morgan fingerprint density at radius 1 is 0.750 bits per heavy atom. The first kappa shape index (κ1) is 27.1. The van der Waals surface area contributed by atoms with E-state index in [1.807, 2.05) is 49.4 Å². The predicted molar refractivity (Wildman–Crippen MR) is 147 cm³/mol. The summed E-state index contributed by atoms with van der Waals surface area (Å²) < 4.78 is 0. The third-order valence-corrected chi connectivity index (χ3v) is 6.47. The number of rotatable bonds is 16. The number of carbonyl (C=O) groups excluding carboxylic acids is 3. The molecule has 5 nitrogen and oxygen atoms in total. The van der Waals surface area contributed by atoms with E-state index in [-0.39, 0.29) is 17.7 Å². The maximum absolute atomic E-state index is 12.7. The monoisotopic (exact) mass is 486 g/mol. The van der Waals surface area contributed by atoms with Crippen LogP contribution in [0.3, 0.4) is 0 Å². The number of carbonyl (C=O) groups is 3. The molecule has 0 radical (unpaired) electrons. The minimum Gasteiger partial charge on any atom is -0.383 e. The highest BCUT2D eigenvalue weighted by molar-refractivity contribution is 5.96. The number of unbranched alkanes of at least 4 members (excludes halogenated alkanes) is 2. The molecule has 0 saturated carbocycles. The average Bonchev–Trinajstić information content (AvgIpc) is 2.91. The fourth-order valence-electron chi connectivity index (χ4n) is 4.31. The number of hydrogen-bond donors (Lipinski definition) is 2. The SMILES string of the molecule is CCC(=O)CCCCCC(CNc1ccc2ccccc2c1)NC(=O)CCCC(=O)c1ccccc1. The van der Waals surface area contributed by atoms with E-state index in [1.165, 1.54) is 10.8 Å². The average molecular weight is 487 g/mol. The maximum atomic E-state index is 12.7. The number of Topliss-reactive ketones (excluding diaryl/α,β-unsaturated/α-hetero) is 2. The molecule has 0 aliphatic heterocycles. The molecule has 0 aliphatic carbocycles. The van der Waals surface area contributed by atoms with Gasteiger partial charge in [-0.15, -0.1) is 0 Å². The van der Waals surface area contributed by atoms with Gasteiger partial charge >= 0.3 is 0 Å². The lowest BCUT2D eigenvalue weighted by Crippen LogP contribution is -2.39. The summed E-state index contributed by atoms with van der Waals surface area (Å²) in [4.78, 5) is 36.5. The maximum Gasteiger partial charge on any atom is 0.220 e. The first-order valence-electron chi connectivity index (χ1n) is 13.2. The van der Waals surface area contributed by atoms with Crippen molar-refractivity contribution in [2.24, 2.45) is 0 Å². The van der Waals surface area contributed by atoms with Crippen LogP contribution in [0.2, 0.25) is 0 Å². The smallest absolute Gasteiger partial charge is 0.220 e. The molecule has 1 amide bonds. The molecular formula is C31H38N2O3. The van der Waals surface area contributed by atoms with E-state index in [9.17, 15) is 14.4 Å². The minimum absolute atomic E-state index is 0.0179. The van der Waals surface area contributed by atoms with Crippen LogP contribution < -0.4 is 10.6 Å². The van der Waals surface area contributed by atoms with Crippen LogP contribution >= 0.6 is 0 Å². The quantitative estimate of drug-likeness (QED) is 0.174. The van der Waals surface area contributed by atoms with Crippen molar-refractivity contribution in [3.05, 3.63) is 78.4 Å². The lowest BCUT2D eigenvalue weighted by Gasteiger charge is -2.20. The normalized spacial score (nSPS) is 11.7. The van der Waals surface area contributed by atoms with Gasteiger partial charge in [-0.1, -0.05) is 80.4 Å². The second kappa shape index (κ2) is 14.8. The van der Waals surface area contributed by atoms with E-state index in [2.05, 4.69) is 41.0 Å². The molecule has 3 rings (SSSR count). The molecule has 0 bridgehead atoms. The summed E-state index contributed by atoms with van der Waals surface area (Å²) in [5.74, 6) is 0.352. The lowest BCUT2D eigenvalue weighted by atomic mass is 10.0. The van der Waals surface area contributed by atoms with E-state index >= 15 is 0 Å². The van der Waals surface area contributed by atoms with Gasteiger partial charge in [-0.25, -0.2) is 0 Å². The third kappa shape index (κ3) is 9.29. The van der Waals surface area contributed by atoms with Gasteiger partial charge in [0.15, 0.2) is 5.78 Å². The summed E-state index contributed by atoms with van der Waals surface area (Å²) in [5.41, 5.74) is 1.71. The molecule has 3 aromatic rings. The van der Waals surface area contributed by atoms with Crippen LogP contribution in [-0.2, 0) is 9.59 Å². The Balaban J connectivity index is 1.49. The number of ketones is 2. The zero-order valence-corrected chi connectivity index (χ0v) is 21.3. The molecule has 5 heteroatoms. The van der Waals surface area contributed by atoms with Crippen molar-refractivity contribution in [2.75, 3.05) is 11.9 Å². The second-order valence-electron chi connectivity index (χ2n) is 9.34. The van der Waals surface area contributed by atoms with Crippen LogP contribution in [0, 0.1) is 0 Å². The molecule has 0 aliphatic rings. The molecule has 3 aromatic carbocycles. The Morgan fingerprint density at radius 2 is 1.50 bits per heavy atom. The summed E-state index contributed by atoms with van der Waals surface area (Å²) in [6.45, 7) is 2.53. The van der Waals surface area contributed by atoms with Gasteiger partial charge in [-0.3, -0.25) is 14.4 Å². The van der Waals surface area contributed by atoms with E-state index < -0.39 is 0 Å². The van der Waals surface area contributed by atoms with Gasteiger partial charge in [0.1, 0.15) is 5.78 Å². The van der Waals surface area contributed by atoms with Crippen LogP contribution in [-0.4, -0.2) is 30.1 Å². The molecule has 0 spiro atoms. The van der Waals surface area contributed by atoms with Crippen LogP contribution in [0.15, 0.2) is 72.8 Å². The van der Waals surface area contributed by atoms with E-state index in [0.717, 1.165) is 31.4 Å². The Labute approximate surface area is 214 Å². The topological polar surface area (TPSA) is 75.3 Å². The zero-order valence-electron chi connectivity index (χ0n) is 21.3. The molecular weight excluding hydrogens is 448 g/mol. The Kier molecular flexibility index (Phi) is 11.2. The van der Waals surface area contributed by atoms with Crippen LogP contribution in [0.5, 0.6) is 0 Å². The molecule has 2 N–H and O–H groups in total. The van der Waals surface area contributed by atoms with E-state index in [4.69, 9.17) is 0 Å². The number of anilines is 1. The molecule has 0 aromatic heterocycles. The highest BCUT2D eigenvalue weighted by Gasteiger charge is 2.14. The Hall–Kier alpha value is -3.47. The Bertz CT molecular complexity index is 1130. The molecule has 0 fully saturated rings. The fraction of sp³-hybridized carbons (Fsp3) is 0.387. The summed E-state index contributed by atoms with van der Waals surface area (Å²) in [6.07, 6.45) is 6.12. The van der Waals surface area contributed by atoms with Gasteiger partial charge in [0.05, 0.1) is 0 Å². The first-order chi connectivity index (χ1) is 17.5. The van der Waals surface area contributed by atoms with Crippen LogP contribution in [0.1, 0.15) is 75.1 Å². The zero-order chi connectivity index (χ0) is 25.6. The van der Waals surface area contributed by atoms with Gasteiger partial charge in [0, 0.05) is 49.5 Å². The van der Waals surface area contributed by atoms with Crippen molar-refractivity contribution < 1.29 is 14.4 Å². The summed E-state index contributed by atoms with van der Waals surface area (Å²) >= 11 is 0. The first-order valence-corrected chi connectivity index (χ1v) is 13.2. The molecule has 190 valence electrons. The standard InChI is InChI=1S/C31H38N2O3/c1-2-29(34)17-8-4-7-16-28(23-32-27-21-20-24-12-9-10-15-26(24)22-27)33-31(36)19-11-18-30(35)25-13-5-3-6-14-25/h3,5-6,9-10,12-15,20-22,28,32H,2,4,7-8,11,16-19,23H2,1H3,(H,33,36). The largest absolute Gasteiger partial charge is 0.383 e. The highest BCUT2D eigenvalue weighted by Crippen LogP contribution is 2.19. The second-order valence-corrected chi connectivity index (χ2v) is 9.34. The highest BCUT2D eigenvalue weighted by atomic mass is 16.2. The summed E-state index contributed by atoms with van der Waals surface area (Å²) in [7, 11) is 0. The summed E-state index contributed by atoms with van der Waals surface area (Å²) in [5, 5.41) is 9.02. The Morgan fingerprint density at radius 3 is 2.28 bits per heavy atom. The van der Waals surface area contributed by atoms with E-state index in [0.29, 0.717) is 50.0 Å². The predicted octanol–water partition coefficient (Wildman–Crippen LogP) is 6.72. The number of amides is 1. The molecule has 0 heterocycles. The fourth-order valence-corrected chi connectivity index (χ4v) is 4.31. The molecule has 1 atom stereocenters. The molecule has 1 unspecified atom stereocenters. The van der Waals surface area contributed by atoms with Gasteiger partial charge in [-0.2, -0.15) is 0 Å². The van der Waals surface area contributed by atoms with E-state index in [1.54, 1.807) is 0 Å². The van der Waals surface area contributed by atoms with Crippen molar-refractivity contribution >= 4 is 33.9 Å². The molecule has 36 heavy (non-hydrogen) atoms. The minimum atomic E-state index is -0.0256. The van der Waals surface area contributed by atoms with Crippen molar-refractivity contribution in [3.8, 4) is 0 Å². The van der Waals surface area contributed by atoms with Gasteiger partial charge in [0.2, 0.25) is 5.91 Å². The lowest BCUT2D eigenvalue weighted by molar-refractivity contribution is -0.122.